The Balaban J connectivity index is 0.939. The molecule has 4 heteroatoms. The van der Waals surface area contributed by atoms with Crippen molar-refractivity contribution in [1.29, 1.82) is 0 Å². The van der Waals surface area contributed by atoms with Gasteiger partial charge in [0.05, 0.1) is 0 Å². The van der Waals surface area contributed by atoms with Crippen LogP contribution < -0.4 is 15.1 Å². The molecule has 0 spiro atoms. The maximum atomic E-state index is 6.86. The summed E-state index contributed by atoms with van der Waals surface area (Å²) in [5, 5.41) is 5.65. The molecule has 0 amide bonds. The smallest absolute Gasteiger partial charge is 0.143 e. The van der Waals surface area contributed by atoms with E-state index < -0.39 is 0 Å². The van der Waals surface area contributed by atoms with E-state index in [2.05, 4.69) is 240 Å². The van der Waals surface area contributed by atoms with Gasteiger partial charge in [-0.25, -0.2) is 0 Å². The van der Waals surface area contributed by atoms with Crippen LogP contribution in [0.15, 0.2) is 277 Å². The summed E-state index contributed by atoms with van der Waals surface area (Å²) in [5.74, 6) is 0. The molecule has 0 saturated carbocycles. The largest absolute Gasteiger partial charge is 0.455 e. The molecule has 1 heterocycles. The van der Waals surface area contributed by atoms with E-state index in [4.69, 9.17) is 4.42 Å². The number of anilines is 5. The molecular formula is C66H53N3O. The lowest BCUT2D eigenvalue weighted by Crippen LogP contribution is -2.22. The molecular weight excluding hydrogens is 851 g/mol. The van der Waals surface area contributed by atoms with Crippen LogP contribution in [-0.4, -0.2) is 0 Å². The quantitative estimate of drug-likeness (QED) is 0.110. The molecule has 9 aromatic rings. The van der Waals surface area contributed by atoms with Crippen LogP contribution in [0.3, 0.4) is 0 Å². The number of fused-ring (bicyclic) bond motifs is 3. The van der Waals surface area contributed by atoms with E-state index in [1.165, 1.54) is 33.8 Å². The number of benzene rings is 8. The first kappa shape index (κ1) is 43.7. The summed E-state index contributed by atoms with van der Waals surface area (Å²) in [6, 6.07) is 71.1. The van der Waals surface area contributed by atoms with E-state index in [0.717, 1.165) is 92.6 Å². The van der Waals surface area contributed by atoms with Crippen LogP contribution in [0.1, 0.15) is 36.8 Å². The van der Waals surface area contributed by atoms with E-state index >= 15 is 0 Å². The third-order valence-electron chi connectivity index (χ3n) is 13.1. The number of hydrogen-bond acceptors (Lipinski definition) is 4. The van der Waals surface area contributed by atoms with Gasteiger partial charge < -0.3 is 19.5 Å². The van der Waals surface area contributed by atoms with Crippen molar-refractivity contribution in [3.63, 3.8) is 0 Å². The third-order valence-corrected chi connectivity index (χ3v) is 13.1. The number of para-hydroxylation sites is 3. The zero-order valence-electron chi connectivity index (χ0n) is 39.0. The topological polar surface area (TPSA) is 31.7 Å². The molecule has 0 bridgehead atoms. The predicted molar refractivity (Wildman–Crippen MR) is 297 cm³/mol. The lowest BCUT2D eigenvalue weighted by molar-refractivity contribution is 0.670. The Morgan fingerprint density at radius 3 is 1.74 bits per heavy atom. The number of nitrogens with one attached hydrogen (secondary N) is 1. The molecule has 0 radical (unpaired) electrons. The average molecular weight is 904 g/mol. The van der Waals surface area contributed by atoms with Gasteiger partial charge in [-0.2, -0.15) is 0 Å². The Morgan fingerprint density at radius 1 is 0.471 bits per heavy atom. The number of allylic oxidation sites excluding steroid dienone is 11. The van der Waals surface area contributed by atoms with Crippen LogP contribution in [0, 0.1) is 0 Å². The van der Waals surface area contributed by atoms with Gasteiger partial charge in [-0.1, -0.05) is 158 Å². The summed E-state index contributed by atoms with van der Waals surface area (Å²) in [7, 11) is 0. The monoisotopic (exact) mass is 903 g/mol. The molecule has 0 fully saturated rings. The molecule has 0 saturated heterocycles. The second-order valence-electron chi connectivity index (χ2n) is 17.6. The minimum atomic E-state index is 0.878. The van der Waals surface area contributed by atoms with E-state index in [1.807, 2.05) is 42.6 Å². The first-order valence-corrected chi connectivity index (χ1v) is 24.3. The predicted octanol–water partition coefficient (Wildman–Crippen LogP) is 18.4. The Bertz CT molecular complexity index is 3430. The van der Waals surface area contributed by atoms with Gasteiger partial charge in [-0.05, 0) is 162 Å². The Kier molecular flexibility index (Phi) is 12.8. The standard InChI is InChI=1S/C66H53N3O/c1(8-20-49-21-9-3-10-22-49)2-19-45-67-55-38-31-52(32-39-55)62-47-54(51-35-42-61(43-36-51)69(58-27-15-6-16-28-58)59-29-17-7-18-30-59)48-64-63-46-53(37-44-65(63)70-66(62)64)50-33-40-60(41-34-50)68(56-23-11-4-12-24-56)57-25-13-5-14-26-57/h1-4,6-13,15-33,35-40,42-48,67H,5,14,34,41H2/b2-1-,20-8-,45-19+. The zero-order chi connectivity index (χ0) is 46.9. The fourth-order valence-electron chi connectivity index (χ4n) is 9.54. The number of rotatable bonds is 14. The normalized spacial score (nSPS) is 13.8. The molecule has 0 unspecified atom stereocenters. The van der Waals surface area contributed by atoms with Gasteiger partial charge >= 0.3 is 0 Å². The summed E-state index contributed by atoms with van der Waals surface area (Å²) in [6.07, 6.45) is 27.8. The van der Waals surface area contributed by atoms with Gasteiger partial charge in [0, 0.05) is 62.4 Å². The highest BCUT2D eigenvalue weighted by Crippen LogP contribution is 2.43. The Hall–Kier alpha value is -8.86. The summed E-state index contributed by atoms with van der Waals surface area (Å²) in [4.78, 5) is 4.73. The first-order valence-electron chi connectivity index (χ1n) is 24.3. The molecule has 0 atom stereocenters. The molecule has 2 aliphatic carbocycles. The van der Waals surface area contributed by atoms with Crippen molar-refractivity contribution in [1.82, 2.24) is 0 Å². The maximum Gasteiger partial charge on any atom is 0.143 e. The maximum absolute atomic E-state index is 6.86. The average Bonchev–Trinajstić information content (AvgIpc) is 3.81. The van der Waals surface area contributed by atoms with Crippen LogP contribution in [0.2, 0.25) is 0 Å². The zero-order valence-corrected chi connectivity index (χ0v) is 39.0. The summed E-state index contributed by atoms with van der Waals surface area (Å²) in [5.41, 5.74) is 17.9. The Labute approximate surface area is 411 Å². The molecule has 8 aromatic carbocycles. The Morgan fingerprint density at radius 2 is 1.09 bits per heavy atom. The van der Waals surface area contributed by atoms with Crippen LogP contribution in [0.4, 0.5) is 28.4 Å². The van der Waals surface area contributed by atoms with Crippen molar-refractivity contribution in [2.24, 2.45) is 0 Å². The lowest BCUT2D eigenvalue weighted by atomic mass is 9.92. The van der Waals surface area contributed by atoms with Gasteiger partial charge in [0.15, 0.2) is 0 Å². The van der Waals surface area contributed by atoms with E-state index in [1.54, 1.807) is 0 Å². The van der Waals surface area contributed by atoms with Crippen molar-refractivity contribution in [2.45, 2.75) is 25.7 Å². The van der Waals surface area contributed by atoms with Crippen LogP contribution in [0.5, 0.6) is 0 Å². The summed E-state index contributed by atoms with van der Waals surface area (Å²) >= 11 is 0. The lowest BCUT2D eigenvalue weighted by Gasteiger charge is -2.31. The molecule has 70 heavy (non-hydrogen) atoms. The van der Waals surface area contributed by atoms with Gasteiger partial charge in [0.25, 0.3) is 0 Å². The van der Waals surface area contributed by atoms with Gasteiger partial charge in [0.2, 0.25) is 0 Å². The molecule has 4 nitrogen and oxygen atoms in total. The minimum absolute atomic E-state index is 0.878. The highest BCUT2D eigenvalue weighted by atomic mass is 16.3. The molecule has 1 N–H and O–H groups in total. The van der Waals surface area contributed by atoms with Crippen molar-refractivity contribution in [3.8, 4) is 22.3 Å². The van der Waals surface area contributed by atoms with E-state index in [9.17, 15) is 0 Å². The van der Waals surface area contributed by atoms with Crippen molar-refractivity contribution in [3.05, 3.63) is 284 Å². The van der Waals surface area contributed by atoms with Gasteiger partial charge in [0.1, 0.15) is 11.2 Å². The summed E-state index contributed by atoms with van der Waals surface area (Å²) < 4.78 is 6.86. The molecule has 0 aliphatic heterocycles. The number of hydrogen-bond donors (Lipinski definition) is 1. The van der Waals surface area contributed by atoms with Crippen LogP contribution in [-0.2, 0) is 0 Å². The molecule has 1 aromatic heterocycles. The third kappa shape index (κ3) is 9.62. The fraction of sp³-hybridized carbons (Fsp3) is 0.0606. The fourth-order valence-corrected chi connectivity index (χ4v) is 9.54. The molecule has 2 aliphatic rings. The van der Waals surface area contributed by atoms with Gasteiger partial charge in [-0.3, -0.25) is 0 Å². The molecule has 11 rings (SSSR count). The van der Waals surface area contributed by atoms with Crippen molar-refractivity contribution >= 4 is 62.0 Å². The highest BCUT2D eigenvalue weighted by Gasteiger charge is 2.21. The number of nitrogens with zero attached hydrogens (tertiary/aromatic N) is 2. The summed E-state index contributed by atoms with van der Waals surface area (Å²) in [6.45, 7) is 0. The SMILES string of the molecule is C1=CC(N(C2=CC=C(c3ccc4oc5c(-c6ccc(N/C=C/C=C\C=C/c7ccccc7)cc6)cc(-c6ccc(N(c7ccccc7)c7ccccc7)cc6)cc5c4c3)CC2)c2ccccc2)=CCC1. The molecule has 338 valence electrons. The van der Waals surface area contributed by atoms with Crippen LogP contribution >= 0.6 is 0 Å². The minimum Gasteiger partial charge on any atom is -0.455 e. The second kappa shape index (κ2) is 20.6. The number of furan rings is 1. The van der Waals surface area contributed by atoms with Crippen molar-refractivity contribution < 1.29 is 4.42 Å². The highest BCUT2D eigenvalue weighted by molar-refractivity contribution is 6.12. The second-order valence-corrected chi connectivity index (χ2v) is 17.6. The first-order chi connectivity index (χ1) is 34.7. The van der Waals surface area contributed by atoms with E-state index in [0.29, 0.717) is 0 Å². The van der Waals surface area contributed by atoms with Gasteiger partial charge in [-0.15, -0.1) is 0 Å². The van der Waals surface area contributed by atoms with Crippen LogP contribution in [0.25, 0.3) is 55.8 Å². The van der Waals surface area contributed by atoms with Crippen molar-refractivity contribution in [2.75, 3.05) is 15.1 Å². The van der Waals surface area contributed by atoms with E-state index in [-0.39, 0.29) is 0 Å².